The van der Waals surface area contributed by atoms with Crippen LogP contribution in [0.15, 0.2) is 248 Å². The van der Waals surface area contributed by atoms with Gasteiger partial charge in [0.05, 0.1) is 39.8 Å². The van der Waals surface area contributed by atoms with Gasteiger partial charge in [0.25, 0.3) is 23.6 Å². The average molecular weight is 1810 g/mol. The second kappa shape index (κ2) is 38.3. The SMILES string of the molecule is CC1(C)C(=O)c2sc(N3CCOCC3)cc2C1c1ccc(Cl)cc1.CN1CCC(c2ccc(Cl)cc2)c2[nH]c(-c3ccncc3)cc2C1=O.CN1CCC(c2ccc(Cl)cc2)c2oc(-c3ccncc3)cc2C1=O.CN1CCC(c2ccc(Cl)cc2)c2sc(-c3ccncc3)cc2C1=O.CN1CCC(c2ccc(Cl)cc2)c2sc(-c3ccncc3)nc2C1=O. The Balaban J connectivity index is 0.000000115. The lowest BCUT2D eigenvalue weighted by Crippen LogP contribution is -2.35. The fourth-order valence-corrected chi connectivity index (χ4v) is 21.3. The number of pyridine rings is 4. The number of nitrogens with one attached hydrogen (secondary N) is 1. The van der Waals surface area contributed by atoms with Crippen LogP contribution in [-0.2, 0) is 4.74 Å². The molecule has 5 aliphatic heterocycles. The number of morpholine rings is 1. The van der Waals surface area contributed by atoms with E-state index in [0.717, 1.165) is 172 Å². The molecule has 1 aliphatic carbocycles. The number of aromatic nitrogens is 6. The fourth-order valence-electron chi connectivity index (χ4n) is 16.8. The molecule has 124 heavy (non-hydrogen) atoms. The number of anilines is 1. The molecule has 1 fully saturated rings. The topological polar surface area (TPSA) is 204 Å². The summed E-state index contributed by atoms with van der Waals surface area (Å²) in [5.41, 5.74) is 15.2. The molecular formula is C98H88Cl5N11O7S3. The number of nitrogens with zero attached hydrogens (tertiary/aromatic N) is 10. The Morgan fingerprint density at radius 3 is 1.35 bits per heavy atom. The molecule has 20 rings (SSSR count). The number of halogens is 5. The zero-order valence-corrected chi connectivity index (χ0v) is 75.1. The Morgan fingerprint density at radius 2 is 0.831 bits per heavy atom. The van der Waals surface area contributed by atoms with Crippen LogP contribution in [0, 0.1) is 5.41 Å². The van der Waals surface area contributed by atoms with Gasteiger partial charge >= 0.3 is 0 Å². The average Bonchev–Trinajstić information content (AvgIpc) is 1.57. The van der Waals surface area contributed by atoms with Crippen LogP contribution in [0.4, 0.5) is 5.00 Å². The van der Waals surface area contributed by atoms with Gasteiger partial charge in [0.2, 0.25) is 0 Å². The van der Waals surface area contributed by atoms with Gasteiger partial charge in [0.15, 0.2) is 5.78 Å². The number of benzene rings is 5. The summed E-state index contributed by atoms with van der Waals surface area (Å²) in [6.07, 6.45) is 17.4. The number of thiazole rings is 1. The summed E-state index contributed by atoms with van der Waals surface area (Å²) in [6, 6.07) is 62.9. The van der Waals surface area contributed by atoms with E-state index in [2.05, 4.69) is 66.9 Å². The molecule has 0 radical (unpaired) electrons. The van der Waals surface area contributed by atoms with Crippen LogP contribution in [0.5, 0.6) is 0 Å². The number of thiophene rings is 2. The van der Waals surface area contributed by atoms with Gasteiger partial charge < -0.3 is 38.6 Å². The lowest BCUT2D eigenvalue weighted by molar-refractivity contribution is 0.0788. The molecule has 0 saturated carbocycles. The highest BCUT2D eigenvalue weighted by molar-refractivity contribution is 7.18. The molecule has 1 N–H and O–H groups in total. The van der Waals surface area contributed by atoms with Crippen molar-refractivity contribution in [2.75, 3.05) is 85.6 Å². The molecule has 14 heterocycles. The highest BCUT2D eigenvalue weighted by atomic mass is 35.5. The number of hydrogen-bond acceptors (Lipinski definition) is 16. The molecule has 1 saturated heterocycles. The first kappa shape index (κ1) is 86.6. The first-order valence-corrected chi connectivity index (χ1v) is 45.3. The lowest BCUT2D eigenvalue weighted by atomic mass is 9.75. The first-order valence-electron chi connectivity index (χ1n) is 40.9. The molecule has 4 amide bonds. The quantitative estimate of drug-likeness (QED) is 0.135. The van der Waals surface area contributed by atoms with Crippen molar-refractivity contribution < 1.29 is 33.1 Å². The minimum absolute atomic E-state index is 0.00415. The smallest absolute Gasteiger partial charge is 0.273 e. The van der Waals surface area contributed by atoms with E-state index in [9.17, 15) is 24.0 Å². The van der Waals surface area contributed by atoms with E-state index in [4.69, 9.17) is 67.2 Å². The minimum atomic E-state index is -0.418. The van der Waals surface area contributed by atoms with Crippen molar-refractivity contribution in [2.45, 2.75) is 69.1 Å². The second-order valence-electron chi connectivity index (χ2n) is 31.9. The molecule has 5 aromatic carbocycles. The monoisotopic (exact) mass is 1800 g/mol. The number of carbonyl (C=O) groups excluding carboxylic acids is 5. The fraction of sp³-hybridized carbons (Fsp3) is 0.245. The van der Waals surface area contributed by atoms with Crippen LogP contribution in [-0.4, -0.2) is 160 Å². The van der Waals surface area contributed by atoms with Crippen LogP contribution >= 0.6 is 92.0 Å². The van der Waals surface area contributed by atoms with Crippen molar-refractivity contribution in [3.63, 3.8) is 0 Å². The standard InChI is InChI=1S/C20H18ClN3O.C20H17ClN2O2.C20H17ClN2OS.C19H16ClN3OS.C19H20ClNO2S/c1-24-11-8-16(13-2-4-15(21)5-3-13)19-17(20(24)25)12-18(23-19)14-6-9-22-10-7-14;2*1-23-11-8-16(13-2-4-15(21)5-3-13)19-17(20(23)24)12-18(25-19)14-6-9-22-10-7-14;1-23-11-8-15(12-2-4-14(20)5-3-12)17-16(19(23)24)22-18(25-17)13-6-9-21-10-7-13;1-19(2)16(12-3-5-13(20)6-4-12)14-11-15(24-17(14)18(19)22)21-7-9-23-10-8-21/h2-7,9-10,12,16,23H,8,11H2,1H3;2*2-7,9-10,12,16H,8,11H2,1H3;2-7,9-10,15H,8,11H2,1H3;3-6,11,16H,7-10H2,1-2H3. The zero-order valence-electron chi connectivity index (χ0n) is 68.9. The largest absolute Gasteiger partial charge is 0.460 e. The summed E-state index contributed by atoms with van der Waals surface area (Å²) in [7, 11) is 7.40. The van der Waals surface area contributed by atoms with E-state index in [1.165, 1.54) is 21.7 Å². The van der Waals surface area contributed by atoms with E-state index in [-0.39, 0.29) is 59.0 Å². The molecule has 18 nitrogen and oxygen atoms in total. The maximum Gasteiger partial charge on any atom is 0.273 e. The first-order chi connectivity index (χ1) is 60.0. The summed E-state index contributed by atoms with van der Waals surface area (Å²) < 4.78 is 11.6. The van der Waals surface area contributed by atoms with Gasteiger partial charge in [-0.1, -0.05) is 133 Å². The summed E-state index contributed by atoms with van der Waals surface area (Å²) in [6.45, 7) is 10.2. The number of fused-ring (bicyclic) bond motifs is 5. The summed E-state index contributed by atoms with van der Waals surface area (Å²) in [4.78, 5) is 102. The highest BCUT2D eigenvalue weighted by Crippen LogP contribution is 2.55. The molecule has 5 atom stereocenters. The maximum atomic E-state index is 13.0. The van der Waals surface area contributed by atoms with Gasteiger partial charge in [-0.3, -0.25) is 43.9 Å². The number of H-pyrrole nitrogens is 1. The van der Waals surface area contributed by atoms with Gasteiger partial charge in [-0.05, 0) is 198 Å². The number of ketones is 1. The van der Waals surface area contributed by atoms with Crippen LogP contribution in [0.25, 0.3) is 43.6 Å². The van der Waals surface area contributed by atoms with Crippen molar-refractivity contribution in [2.24, 2.45) is 5.41 Å². The summed E-state index contributed by atoms with van der Waals surface area (Å²) in [5.74, 6) is 2.41. The van der Waals surface area contributed by atoms with Crippen molar-refractivity contribution in [3.05, 3.63) is 351 Å². The number of furan rings is 1. The predicted molar refractivity (Wildman–Crippen MR) is 497 cm³/mol. The third kappa shape index (κ3) is 18.9. The Kier molecular flexibility index (Phi) is 26.7. The second-order valence-corrected chi connectivity index (χ2v) is 37.3. The third-order valence-corrected chi connectivity index (χ3v) is 28.6. The molecule has 26 heteroatoms. The number of Topliss-reactive ketones (excluding diaryl/α,β-unsaturated/α-hetero) is 1. The van der Waals surface area contributed by atoms with Crippen molar-refractivity contribution in [3.8, 4) is 43.6 Å². The molecule has 6 aliphatic rings. The molecule has 9 aromatic heterocycles. The van der Waals surface area contributed by atoms with E-state index >= 15 is 0 Å². The van der Waals surface area contributed by atoms with Gasteiger partial charge in [0.1, 0.15) is 22.2 Å². The van der Waals surface area contributed by atoms with E-state index < -0.39 is 5.41 Å². The zero-order chi connectivity index (χ0) is 86.5. The minimum Gasteiger partial charge on any atom is -0.460 e. The molecule has 5 unspecified atom stereocenters. The van der Waals surface area contributed by atoms with E-state index in [1.54, 1.807) is 98.3 Å². The molecule has 14 aromatic rings. The Hall–Kier alpha value is -11.0. The van der Waals surface area contributed by atoms with Crippen LogP contribution < -0.4 is 4.90 Å². The molecular weight excluding hydrogens is 1720 g/mol. The van der Waals surface area contributed by atoms with E-state index in [0.29, 0.717) is 40.2 Å². The van der Waals surface area contributed by atoms with Crippen molar-refractivity contribution in [1.82, 2.24) is 49.5 Å². The van der Waals surface area contributed by atoms with Crippen LogP contribution in [0.1, 0.15) is 175 Å². The Bertz CT molecular complexity index is 5520. The summed E-state index contributed by atoms with van der Waals surface area (Å²) >= 11 is 35.1. The van der Waals surface area contributed by atoms with Crippen LogP contribution in [0.2, 0.25) is 25.1 Å². The van der Waals surface area contributed by atoms with Gasteiger partial charge in [0, 0.05) is 220 Å². The maximum absolute atomic E-state index is 13.0. The number of amides is 4. The van der Waals surface area contributed by atoms with Crippen molar-refractivity contribution >= 4 is 126 Å². The van der Waals surface area contributed by atoms with E-state index in [1.807, 2.05) is 209 Å². The number of ether oxygens (including phenoxy) is 1. The number of aromatic amines is 1. The summed E-state index contributed by atoms with van der Waals surface area (Å²) in [5, 5.41) is 5.63. The molecule has 630 valence electrons. The molecule has 0 bridgehead atoms. The van der Waals surface area contributed by atoms with Crippen molar-refractivity contribution in [1.29, 1.82) is 0 Å². The third-order valence-electron chi connectivity index (χ3n) is 23.7. The predicted octanol–water partition coefficient (Wildman–Crippen LogP) is 23.1. The number of hydrogen-bond donors (Lipinski definition) is 1. The lowest BCUT2D eigenvalue weighted by Gasteiger charge is -2.29. The van der Waals surface area contributed by atoms with Gasteiger partial charge in [-0.2, -0.15) is 0 Å². The number of carbonyl (C=O) groups is 5. The Labute approximate surface area is 757 Å². The number of rotatable bonds is 10. The highest BCUT2D eigenvalue weighted by Gasteiger charge is 2.49. The molecule has 0 spiro atoms. The van der Waals surface area contributed by atoms with Crippen LogP contribution in [0.3, 0.4) is 0 Å². The normalized spacial score (nSPS) is 18.3. The van der Waals surface area contributed by atoms with Gasteiger partial charge in [-0.25, -0.2) is 4.98 Å². The van der Waals surface area contributed by atoms with Gasteiger partial charge in [-0.15, -0.1) is 34.0 Å². The Morgan fingerprint density at radius 1 is 0.411 bits per heavy atom.